The van der Waals surface area contributed by atoms with Crippen LogP contribution in [0.3, 0.4) is 0 Å². The van der Waals surface area contributed by atoms with Crippen LogP contribution in [0.15, 0.2) is 42.5 Å². The predicted molar refractivity (Wildman–Crippen MR) is 90.7 cm³/mol. The molecule has 1 amide bonds. The summed E-state index contributed by atoms with van der Waals surface area (Å²) in [5.74, 6) is -0.932. The summed E-state index contributed by atoms with van der Waals surface area (Å²) in [6, 6.07) is 12.3. The molecule has 0 radical (unpaired) electrons. The van der Waals surface area contributed by atoms with Crippen molar-refractivity contribution in [3.8, 4) is 5.75 Å². The zero-order chi connectivity index (χ0) is 17.3. The molecule has 0 aromatic heterocycles. The number of carboxylic acid groups (broad SMARTS) is 1. The van der Waals surface area contributed by atoms with Crippen LogP contribution >= 0.6 is 0 Å². The molecule has 2 aromatic carbocycles. The van der Waals surface area contributed by atoms with Gasteiger partial charge in [0.25, 0.3) is 0 Å². The number of amides is 1. The normalized spacial score (nSPS) is 15.4. The zero-order valence-electron chi connectivity index (χ0n) is 13.6. The predicted octanol–water partition coefficient (Wildman–Crippen LogP) is 3.45. The minimum absolute atomic E-state index is 0.0826. The first-order valence-electron chi connectivity index (χ1n) is 7.88. The molecule has 1 atom stereocenters. The summed E-state index contributed by atoms with van der Waals surface area (Å²) >= 11 is 0. The largest absolute Gasteiger partial charge is 0.489 e. The number of carbonyl (C=O) groups excluding carboxylic acids is 1. The van der Waals surface area contributed by atoms with E-state index in [1.165, 1.54) is 17.7 Å². The third-order valence-electron chi connectivity index (χ3n) is 4.02. The number of ether oxygens (including phenoxy) is 1. The van der Waals surface area contributed by atoms with Crippen LogP contribution < -0.4 is 10.1 Å². The highest BCUT2D eigenvalue weighted by molar-refractivity contribution is 6.00. The number of rotatable bonds is 5. The number of carbonyl (C=O) groups is 2. The Balaban J connectivity index is 1.84. The molecule has 0 bridgehead atoms. The van der Waals surface area contributed by atoms with Crippen molar-refractivity contribution in [2.75, 3.05) is 5.32 Å². The highest BCUT2D eigenvalue weighted by atomic mass is 16.5. The number of hydrogen-bond donors (Lipinski definition) is 2. The number of anilines is 1. The summed E-state index contributed by atoms with van der Waals surface area (Å²) in [6.45, 7) is 3.75. The average molecular weight is 325 g/mol. The summed E-state index contributed by atoms with van der Waals surface area (Å²) in [6.07, 6.45) is 0.613. The van der Waals surface area contributed by atoms with Crippen LogP contribution in [0.5, 0.6) is 5.75 Å². The second kappa shape index (κ2) is 6.35. The van der Waals surface area contributed by atoms with Crippen LogP contribution in [0.4, 0.5) is 5.69 Å². The van der Waals surface area contributed by atoms with Crippen molar-refractivity contribution in [2.45, 2.75) is 32.3 Å². The molecule has 124 valence electrons. The van der Waals surface area contributed by atoms with Crippen molar-refractivity contribution in [3.63, 3.8) is 0 Å². The Morgan fingerprint density at radius 2 is 1.96 bits per heavy atom. The summed E-state index contributed by atoms with van der Waals surface area (Å²) < 4.78 is 5.67. The lowest BCUT2D eigenvalue weighted by Crippen LogP contribution is -2.30. The summed E-state index contributed by atoms with van der Waals surface area (Å²) in [4.78, 5) is 23.7. The Labute approximate surface area is 140 Å². The minimum atomic E-state index is -1.05. The molecule has 3 rings (SSSR count). The molecular formula is C19H19NO4. The molecule has 0 saturated heterocycles. The van der Waals surface area contributed by atoms with Crippen molar-refractivity contribution >= 4 is 17.6 Å². The van der Waals surface area contributed by atoms with Gasteiger partial charge in [-0.15, -0.1) is 0 Å². The SMILES string of the molecule is CC(C)Oc1ccc(C(=O)O)cc1NC(=O)C1Cc2ccccc21. The molecule has 5 nitrogen and oxygen atoms in total. The van der Waals surface area contributed by atoms with Gasteiger partial charge in [0.05, 0.1) is 23.3 Å². The van der Waals surface area contributed by atoms with Crippen LogP contribution in [0.25, 0.3) is 0 Å². The van der Waals surface area contributed by atoms with E-state index in [4.69, 9.17) is 9.84 Å². The fourth-order valence-electron chi connectivity index (χ4n) is 2.83. The molecule has 2 N–H and O–H groups in total. The Morgan fingerprint density at radius 1 is 1.21 bits per heavy atom. The second-order valence-electron chi connectivity index (χ2n) is 6.13. The molecule has 1 aliphatic rings. The van der Waals surface area contributed by atoms with Crippen LogP contribution in [0, 0.1) is 0 Å². The molecule has 1 aliphatic carbocycles. The van der Waals surface area contributed by atoms with Gasteiger partial charge in [-0.25, -0.2) is 4.79 Å². The highest BCUT2D eigenvalue weighted by Gasteiger charge is 2.32. The topological polar surface area (TPSA) is 75.6 Å². The van der Waals surface area contributed by atoms with Crippen LogP contribution in [0.2, 0.25) is 0 Å². The lowest BCUT2D eigenvalue weighted by Gasteiger charge is -2.29. The summed E-state index contributed by atoms with van der Waals surface area (Å²) in [5.41, 5.74) is 2.69. The van der Waals surface area contributed by atoms with E-state index in [9.17, 15) is 9.59 Å². The number of benzene rings is 2. The van der Waals surface area contributed by atoms with Gasteiger partial charge in [-0.05, 0) is 49.6 Å². The molecule has 0 heterocycles. The van der Waals surface area contributed by atoms with E-state index >= 15 is 0 Å². The lowest BCUT2D eigenvalue weighted by atomic mass is 9.77. The number of carboxylic acids is 1. The monoisotopic (exact) mass is 325 g/mol. The van der Waals surface area contributed by atoms with E-state index < -0.39 is 5.97 Å². The first kappa shape index (κ1) is 16.1. The Morgan fingerprint density at radius 3 is 2.62 bits per heavy atom. The summed E-state index contributed by atoms with van der Waals surface area (Å²) in [5, 5.41) is 12.0. The molecule has 0 fully saturated rings. The van der Waals surface area contributed by atoms with Gasteiger partial charge in [0, 0.05) is 0 Å². The van der Waals surface area contributed by atoms with Crippen molar-refractivity contribution in [1.82, 2.24) is 0 Å². The van der Waals surface area contributed by atoms with Gasteiger partial charge in [0.15, 0.2) is 0 Å². The van der Waals surface area contributed by atoms with Crippen molar-refractivity contribution in [3.05, 3.63) is 59.2 Å². The molecule has 0 aliphatic heterocycles. The summed E-state index contributed by atoms with van der Waals surface area (Å²) in [7, 11) is 0. The van der Waals surface area contributed by atoms with Gasteiger partial charge < -0.3 is 15.2 Å². The number of nitrogens with one attached hydrogen (secondary N) is 1. The van der Waals surface area contributed by atoms with Crippen molar-refractivity contribution < 1.29 is 19.4 Å². The van der Waals surface area contributed by atoms with Gasteiger partial charge in [0.1, 0.15) is 5.75 Å². The van der Waals surface area contributed by atoms with E-state index in [1.807, 2.05) is 38.1 Å². The smallest absolute Gasteiger partial charge is 0.335 e. The van der Waals surface area contributed by atoms with E-state index in [0.717, 1.165) is 5.56 Å². The van der Waals surface area contributed by atoms with Crippen molar-refractivity contribution in [2.24, 2.45) is 0 Å². The zero-order valence-corrected chi connectivity index (χ0v) is 13.6. The fraction of sp³-hybridized carbons (Fsp3) is 0.263. The lowest BCUT2D eigenvalue weighted by molar-refractivity contribution is -0.118. The molecule has 0 spiro atoms. The van der Waals surface area contributed by atoms with Gasteiger partial charge in [-0.1, -0.05) is 24.3 Å². The molecule has 2 aromatic rings. The van der Waals surface area contributed by atoms with Gasteiger partial charge in [0.2, 0.25) is 5.91 Å². The minimum Gasteiger partial charge on any atom is -0.489 e. The van der Waals surface area contributed by atoms with Crippen LogP contribution in [0.1, 0.15) is 41.3 Å². The molecule has 1 unspecified atom stereocenters. The van der Waals surface area contributed by atoms with Crippen molar-refractivity contribution in [1.29, 1.82) is 0 Å². The number of hydrogen-bond acceptors (Lipinski definition) is 3. The third kappa shape index (κ3) is 3.11. The standard InChI is InChI=1S/C19H19NO4/c1-11(2)24-17-8-7-13(19(22)23)10-16(17)20-18(21)15-9-12-5-3-4-6-14(12)15/h3-8,10-11,15H,9H2,1-2H3,(H,20,21)(H,22,23). The van der Waals surface area contributed by atoms with E-state index in [0.29, 0.717) is 17.9 Å². The first-order chi connectivity index (χ1) is 11.5. The van der Waals surface area contributed by atoms with E-state index in [-0.39, 0.29) is 23.5 Å². The maximum Gasteiger partial charge on any atom is 0.335 e. The van der Waals surface area contributed by atoms with E-state index in [1.54, 1.807) is 6.07 Å². The van der Waals surface area contributed by atoms with Gasteiger partial charge in [-0.2, -0.15) is 0 Å². The van der Waals surface area contributed by atoms with Crippen LogP contribution in [-0.4, -0.2) is 23.1 Å². The third-order valence-corrected chi connectivity index (χ3v) is 4.02. The number of fused-ring (bicyclic) bond motifs is 1. The quantitative estimate of drug-likeness (QED) is 0.883. The van der Waals surface area contributed by atoms with Gasteiger partial charge in [-0.3, -0.25) is 4.79 Å². The Kier molecular flexibility index (Phi) is 4.25. The maximum atomic E-state index is 12.6. The molecular weight excluding hydrogens is 306 g/mol. The van der Waals surface area contributed by atoms with E-state index in [2.05, 4.69) is 5.32 Å². The average Bonchev–Trinajstić information content (AvgIpc) is 2.49. The highest BCUT2D eigenvalue weighted by Crippen LogP contribution is 2.36. The Bertz CT molecular complexity index is 798. The molecule has 5 heteroatoms. The fourth-order valence-corrected chi connectivity index (χ4v) is 2.83. The first-order valence-corrected chi connectivity index (χ1v) is 7.88. The molecule has 0 saturated carbocycles. The second-order valence-corrected chi connectivity index (χ2v) is 6.13. The van der Waals surface area contributed by atoms with Gasteiger partial charge >= 0.3 is 5.97 Å². The number of aromatic carboxylic acids is 1. The Hall–Kier alpha value is -2.82. The maximum absolute atomic E-state index is 12.6. The molecule has 24 heavy (non-hydrogen) atoms. The van der Waals surface area contributed by atoms with Crippen LogP contribution in [-0.2, 0) is 11.2 Å².